The molecule has 0 saturated carbocycles. The first-order valence-electron chi connectivity index (χ1n) is 8.40. The number of ether oxygens (including phenoxy) is 1. The minimum atomic E-state index is 0.444. The van der Waals surface area contributed by atoms with Crippen molar-refractivity contribution in [3.05, 3.63) is 41.7 Å². The highest BCUT2D eigenvalue weighted by molar-refractivity contribution is 7.16. The summed E-state index contributed by atoms with van der Waals surface area (Å²) in [5.41, 5.74) is 1.21. The molecule has 1 unspecified atom stereocenters. The highest BCUT2D eigenvalue weighted by Crippen LogP contribution is 2.28. The fraction of sp³-hybridized carbons (Fsp3) is 0.389. The molecule has 0 N–H and O–H groups in total. The molecule has 0 amide bonds. The van der Waals surface area contributed by atoms with Gasteiger partial charge in [0.15, 0.2) is 0 Å². The molecule has 1 aliphatic rings. The second-order valence-corrected chi connectivity index (χ2v) is 7.21. The van der Waals surface area contributed by atoms with Crippen LogP contribution in [0.5, 0.6) is 5.88 Å². The Labute approximate surface area is 151 Å². The molecule has 1 fully saturated rings. The molecule has 1 atom stereocenters. The van der Waals surface area contributed by atoms with Crippen molar-refractivity contribution >= 4 is 27.4 Å². The van der Waals surface area contributed by atoms with Gasteiger partial charge in [-0.05, 0) is 23.9 Å². The summed E-state index contributed by atoms with van der Waals surface area (Å²) in [4.78, 5) is 19.1. The Morgan fingerprint density at radius 3 is 2.88 bits per heavy atom. The van der Waals surface area contributed by atoms with E-state index in [0.29, 0.717) is 11.9 Å². The smallest absolute Gasteiger partial charge is 0.212 e. The van der Waals surface area contributed by atoms with Crippen LogP contribution in [0.1, 0.15) is 12.5 Å². The second kappa shape index (κ2) is 6.93. The molecular weight excluding hydrogens is 334 g/mol. The third kappa shape index (κ3) is 3.29. The van der Waals surface area contributed by atoms with E-state index in [4.69, 9.17) is 4.74 Å². The molecule has 3 aromatic heterocycles. The van der Waals surface area contributed by atoms with Crippen molar-refractivity contribution in [3.63, 3.8) is 0 Å². The number of rotatable bonds is 4. The first-order valence-corrected chi connectivity index (χ1v) is 9.28. The lowest BCUT2D eigenvalue weighted by atomic mass is 10.1. The predicted molar refractivity (Wildman–Crippen MR) is 100 cm³/mol. The Morgan fingerprint density at radius 1 is 1.20 bits per heavy atom. The van der Waals surface area contributed by atoms with E-state index in [9.17, 15) is 0 Å². The Hall–Kier alpha value is -2.25. The van der Waals surface area contributed by atoms with Crippen LogP contribution in [0.4, 0.5) is 5.82 Å². The van der Waals surface area contributed by atoms with Gasteiger partial charge in [-0.2, -0.15) is 0 Å². The van der Waals surface area contributed by atoms with Crippen LogP contribution in [-0.2, 0) is 6.54 Å². The average molecular weight is 355 g/mol. The number of aromatic nitrogens is 3. The minimum absolute atomic E-state index is 0.444. The van der Waals surface area contributed by atoms with E-state index >= 15 is 0 Å². The van der Waals surface area contributed by atoms with E-state index in [2.05, 4.69) is 49.2 Å². The summed E-state index contributed by atoms with van der Waals surface area (Å²) in [6, 6.07) is 6.57. The van der Waals surface area contributed by atoms with Gasteiger partial charge in [0.2, 0.25) is 5.88 Å². The molecule has 0 radical (unpaired) electrons. The maximum atomic E-state index is 5.13. The van der Waals surface area contributed by atoms with E-state index < -0.39 is 0 Å². The lowest BCUT2D eigenvalue weighted by Gasteiger charge is -2.40. The van der Waals surface area contributed by atoms with Crippen molar-refractivity contribution in [1.82, 2.24) is 19.9 Å². The molecule has 0 spiro atoms. The Bertz CT molecular complexity index is 850. The van der Waals surface area contributed by atoms with Crippen LogP contribution in [0.15, 0.2) is 36.1 Å². The van der Waals surface area contributed by atoms with Gasteiger partial charge in [0.25, 0.3) is 0 Å². The van der Waals surface area contributed by atoms with Gasteiger partial charge in [0.05, 0.1) is 12.5 Å². The van der Waals surface area contributed by atoms with Gasteiger partial charge in [-0.15, -0.1) is 11.3 Å². The molecule has 25 heavy (non-hydrogen) atoms. The molecule has 3 aromatic rings. The average Bonchev–Trinajstić information content (AvgIpc) is 3.13. The molecule has 6 nitrogen and oxygen atoms in total. The van der Waals surface area contributed by atoms with Crippen LogP contribution < -0.4 is 9.64 Å². The summed E-state index contributed by atoms with van der Waals surface area (Å²) in [5.74, 6) is 1.72. The summed E-state index contributed by atoms with van der Waals surface area (Å²) in [5, 5.41) is 3.24. The summed E-state index contributed by atoms with van der Waals surface area (Å²) in [6.07, 6.45) is 3.57. The number of pyridine rings is 1. The lowest BCUT2D eigenvalue weighted by molar-refractivity contribution is 0.180. The van der Waals surface area contributed by atoms with Gasteiger partial charge in [0, 0.05) is 44.5 Å². The Balaban J connectivity index is 1.45. The Morgan fingerprint density at radius 2 is 2.12 bits per heavy atom. The zero-order valence-corrected chi connectivity index (χ0v) is 15.2. The molecular formula is C18H21N5OS. The molecule has 1 saturated heterocycles. The summed E-state index contributed by atoms with van der Waals surface area (Å²) >= 11 is 1.67. The molecule has 4 rings (SSSR count). The monoisotopic (exact) mass is 355 g/mol. The highest BCUT2D eigenvalue weighted by Gasteiger charge is 2.25. The number of methoxy groups -OCH3 is 1. The van der Waals surface area contributed by atoms with Crippen LogP contribution in [0.25, 0.3) is 10.2 Å². The van der Waals surface area contributed by atoms with Gasteiger partial charge in [0.1, 0.15) is 17.0 Å². The summed E-state index contributed by atoms with van der Waals surface area (Å²) in [6.45, 7) is 6.11. The second-order valence-electron chi connectivity index (χ2n) is 6.31. The molecule has 0 bridgehead atoms. The van der Waals surface area contributed by atoms with Crippen LogP contribution >= 0.6 is 11.3 Å². The van der Waals surface area contributed by atoms with Crippen LogP contribution in [-0.4, -0.2) is 52.6 Å². The van der Waals surface area contributed by atoms with Crippen molar-refractivity contribution in [2.45, 2.75) is 19.5 Å². The molecule has 0 aromatic carbocycles. The largest absolute Gasteiger partial charge is 0.481 e. The molecule has 7 heteroatoms. The topological polar surface area (TPSA) is 54.4 Å². The van der Waals surface area contributed by atoms with Crippen molar-refractivity contribution in [2.24, 2.45) is 0 Å². The number of hydrogen-bond acceptors (Lipinski definition) is 7. The van der Waals surface area contributed by atoms with Crippen LogP contribution in [0.2, 0.25) is 0 Å². The van der Waals surface area contributed by atoms with Crippen molar-refractivity contribution < 1.29 is 4.74 Å². The molecule has 1 aliphatic heterocycles. The van der Waals surface area contributed by atoms with E-state index in [1.807, 2.05) is 12.3 Å². The zero-order chi connectivity index (χ0) is 17.2. The Kier molecular flexibility index (Phi) is 4.50. The fourth-order valence-electron chi connectivity index (χ4n) is 3.31. The standard InChI is InChI=1S/C18H21N5OS/c1-13-10-23(17-15-5-8-25-18(15)21-12-20-17)7-6-22(13)11-14-3-4-16(24-2)19-9-14/h3-5,8-9,12-13H,6-7,10-11H2,1-2H3. The summed E-state index contributed by atoms with van der Waals surface area (Å²) < 4.78 is 5.13. The number of anilines is 1. The van der Waals surface area contributed by atoms with E-state index in [0.717, 1.165) is 42.2 Å². The predicted octanol–water partition coefficient (Wildman–Crippen LogP) is 2.81. The normalized spacial score (nSPS) is 18.6. The lowest BCUT2D eigenvalue weighted by Crippen LogP contribution is -2.51. The maximum absolute atomic E-state index is 5.13. The number of hydrogen-bond donors (Lipinski definition) is 0. The zero-order valence-electron chi connectivity index (χ0n) is 14.4. The number of piperazine rings is 1. The van der Waals surface area contributed by atoms with Crippen LogP contribution in [0.3, 0.4) is 0 Å². The van der Waals surface area contributed by atoms with Gasteiger partial charge in [-0.3, -0.25) is 4.90 Å². The van der Waals surface area contributed by atoms with Gasteiger partial charge < -0.3 is 9.64 Å². The third-order valence-electron chi connectivity index (χ3n) is 4.70. The SMILES string of the molecule is COc1ccc(CN2CCN(c3ncnc4sccc34)CC2C)cn1. The van der Waals surface area contributed by atoms with Crippen molar-refractivity contribution in [3.8, 4) is 5.88 Å². The first kappa shape index (κ1) is 16.2. The van der Waals surface area contributed by atoms with Crippen LogP contribution in [0, 0.1) is 0 Å². The summed E-state index contributed by atoms with van der Waals surface area (Å²) in [7, 11) is 1.64. The van der Waals surface area contributed by atoms with E-state index in [1.54, 1.807) is 24.8 Å². The van der Waals surface area contributed by atoms with Crippen molar-refractivity contribution in [1.29, 1.82) is 0 Å². The number of thiophene rings is 1. The highest BCUT2D eigenvalue weighted by atomic mass is 32.1. The number of nitrogens with zero attached hydrogens (tertiary/aromatic N) is 5. The van der Waals surface area contributed by atoms with Gasteiger partial charge in [-0.25, -0.2) is 15.0 Å². The number of fused-ring (bicyclic) bond motifs is 1. The minimum Gasteiger partial charge on any atom is -0.481 e. The quantitative estimate of drug-likeness (QED) is 0.717. The van der Waals surface area contributed by atoms with E-state index in [1.165, 1.54) is 5.56 Å². The maximum Gasteiger partial charge on any atom is 0.212 e. The van der Waals surface area contributed by atoms with Gasteiger partial charge >= 0.3 is 0 Å². The fourth-order valence-corrected chi connectivity index (χ4v) is 4.04. The molecule has 130 valence electrons. The van der Waals surface area contributed by atoms with Gasteiger partial charge in [-0.1, -0.05) is 6.07 Å². The molecule has 0 aliphatic carbocycles. The molecule has 4 heterocycles. The van der Waals surface area contributed by atoms with E-state index in [-0.39, 0.29) is 0 Å². The van der Waals surface area contributed by atoms with Crippen molar-refractivity contribution in [2.75, 3.05) is 31.6 Å². The third-order valence-corrected chi connectivity index (χ3v) is 5.52. The first-order chi connectivity index (χ1) is 12.2.